The summed E-state index contributed by atoms with van der Waals surface area (Å²) in [5.41, 5.74) is 2.68. The molecule has 2 aromatic carbocycles. The van der Waals surface area contributed by atoms with E-state index < -0.39 is 5.60 Å². The molecule has 0 amide bonds. The second kappa shape index (κ2) is 12.1. The van der Waals surface area contributed by atoms with Gasteiger partial charge in [-0.2, -0.15) is 0 Å². The first-order valence-corrected chi connectivity index (χ1v) is 9.98. The first kappa shape index (κ1) is 22.8. The van der Waals surface area contributed by atoms with Gasteiger partial charge < -0.3 is 14.2 Å². The monoisotopic (exact) mass is 397 g/mol. The maximum Gasteiger partial charge on any atom is 0.308 e. The van der Waals surface area contributed by atoms with Crippen molar-refractivity contribution in [3.63, 3.8) is 0 Å². The van der Waals surface area contributed by atoms with Gasteiger partial charge in [0.15, 0.2) is 0 Å². The lowest BCUT2D eigenvalue weighted by Gasteiger charge is -2.19. The summed E-state index contributed by atoms with van der Waals surface area (Å²) < 4.78 is 16.2. The van der Waals surface area contributed by atoms with Crippen molar-refractivity contribution in [3.05, 3.63) is 71.8 Å². The normalized spacial score (nSPS) is 11.1. The van der Waals surface area contributed by atoms with E-state index in [1.165, 1.54) is 0 Å². The molecule has 0 aliphatic heterocycles. The Morgan fingerprint density at radius 2 is 1.31 bits per heavy atom. The van der Waals surface area contributed by atoms with Crippen LogP contribution in [0.3, 0.4) is 0 Å². The van der Waals surface area contributed by atoms with Gasteiger partial charge in [-0.05, 0) is 20.8 Å². The molecule has 0 bridgehead atoms. The van der Waals surface area contributed by atoms with Crippen LogP contribution < -0.4 is 0 Å². The Labute approximate surface area is 173 Å². The molecule has 2 rings (SSSR count). The summed E-state index contributed by atoms with van der Waals surface area (Å²) in [6, 6.07) is 20.3. The maximum absolute atomic E-state index is 11.6. The molecule has 0 saturated heterocycles. The summed E-state index contributed by atoms with van der Waals surface area (Å²) in [5.74, 6) is -0.248. The minimum Gasteiger partial charge on any atom is -0.460 e. The predicted molar refractivity (Wildman–Crippen MR) is 115 cm³/mol. The third-order valence-electron chi connectivity index (χ3n) is 3.84. The van der Waals surface area contributed by atoms with E-state index in [-0.39, 0.29) is 12.4 Å². The minimum atomic E-state index is -0.459. The fourth-order valence-corrected chi connectivity index (χ4v) is 2.63. The highest BCUT2D eigenvalue weighted by atomic mass is 16.6. The Bertz CT molecular complexity index is 710. The first-order valence-electron chi connectivity index (χ1n) is 9.98. The Balaban J connectivity index is 1.68. The van der Waals surface area contributed by atoms with Gasteiger partial charge in [0.25, 0.3) is 0 Å². The van der Waals surface area contributed by atoms with Gasteiger partial charge in [-0.25, -0.2) is 0 Å². The number of esters is 1. The number of benzene rings is 2. The third-order valence-corrected chi connectivity index (χ3v) is 3.84. The van der Waals surface area contributed by atoms with E-state index in [0.29, 0.717) is 33.0 Å². The van der Waals surface area contributed by atoms with Crippen LogP contribution in [0.5, 0.6) is 0 Å². The molecule has 0 heterocycles. The van der Waals surface area contributed by atoms with Gasteiger partial charge in [0.05, 0.1) is 45.1 Å². The van der Waals surface area contributed by atoms with Gasteiger partial charge in [0.2, 0.25) is 0 Å². The summed E-state index contributed by atoms with van der Waals surface area (Å²) in [4.78, 5) is 16.3. The van der Waals surface area contributed by atoms with Crippen molar-refractivity contribution < 1.29 is 19.0 Å². The van der Waals surface area contributed by atoms with Crippen molar-refractivity contribution in [1.82, 2.24) is 0 Å². The van der Waals surface area contributed by atoms with Crippen molar-refractivity contribution in [3.8, 4) is 0 Å². The second-order valence-electron chi connectivity index (χ2n) is 7.52. The molecule has 0 aromatic heterocycles. The summed E-state index contributed by atoms with van der Waals surface area (Å²) in [7, 11) is 0. The van der Waals surface area contributed by atoms with Crippen LogP contribution in [0.15, 0.2) is 65.7 Å². The molecule has 5 nitrogen and oxygen atoms in total. The molecule has 0 aliphatic carbocycles. The van der Waals surface area contributed by atoms with Gasteiger partial charge in [0.1, 0.15) is 5.60 Å². The molecule has 0 atom stereocenters. The Morgan fingerprint density at radius 1 is 0.793 bits per heavy atom. The van der Waals surface area contributed by atoms with Crippen molar-refractivity contribution in [2.75, 3.05) is 33.0 Å². The van der Waals surface area contributed by atoms with E-state index in [1.54, 1.807) is 0 Å². The average Bonchev–Trinajstić information content (AvgIpc) is 2.69. The number of carbonyl (C=O) groups is 1. The number of rotatable bonds is 11. The summed E-state index contributed by atoms with van der Waals surface area (Å²) in [5, 5.41) is 0. The third kappa shape index (κ3) is 9.50. The zero-order chi connectivity index (χ0) is 21.0. The quantitative estimate of drug-likeness (QED) is 0.322. The van der Waals surface area contributed by atoms with Crippen molar-refractivity contribution >= 4 is 11.7 Å². The number of ether oxygens (including phenoxy) is 3. The molecule has 156 valence electrons. The van der Waals surface area contributed by atoms with Crippen LogP contribution in [0.25, 0.3) is 0 Å². The number of hydrogen-bond donors (Lipinski definition) is 0. The maximum atomic E-state index is 11.6. The van der Waals surface area contributed by atoms with E-state index in [4.69, 9.17) is 19.2 Å². The van der Waals surface area contributed by atoms with Crippen molar-refractivity contribution in [2.45, 2.75) is 32.8 Å². The van der Waals surface area contributed by atoms with Gasteiger partial charge >= 0.3 is 5.97 Å². The Morgan fingerprint density at radius 3 is 1.83 bits per heavy atom. The highest BCUT2D eigenvalue weighted by molar-refractivity contribution is 6.12. The lowest BCUT2D eigenvalue weighted by molar-refractivity contribution is -0.156. The zero-order valence-corrected chi connectivity index (χ0v) is 17.6. The summed E-state index contributed by atoms with van der Waals surface area (Å²) >= 11 is 0. The van der Waals surface area contributed by atoms with Crippen LogP contribution in [0.1, 0.15) is 38.3 Å². The molecule has 0 spiro atoms. The average molecular weight is 398 g/mol. The molecule has 0 N–H and O–H groups in total. The molecular weight excluding hydrogens is 366 g/mol. The molecule has 0 saturated carbocycles. The fraction of sp³-hybridized carbons (Fsp3) is 0.417. The largest absolute Gasteiger partial charge is 0.460 e. The van der Waals surface area contributed by atoms with E-state index in [0.717, 1.165) is 16.8 Å². The van der Waals surface area contributed by atoms with E-state index in [9.17, 15) is 4.79 Å². The fourth-order valence-electron chi connectivity index (χ4n) is 2.63. The lowest BCUT2D eigenvalue weighted by atomic mass is 10.0. The smallest absolute Gasteiger partial charge is 0.308 e. The highest BCUT2D eigenvalue weighted by Crippen LogP contribution is 2.11. The molecule has 0 fully saturated rings. The standard InChI is InChI=1S/C24H31NO4/c1-24(2,3)29-22(26)14-16-27-18-19-28-17-15-25-23(20-10-6-4-7-11-20)21-12-8-5-9-13-21/h4-13H,14-19H2,1-3H3. The molecule has 5 heteroatoms. The molecular formula is C24H31NO4. The molecule has 2 aromatic rings. The highest BCUT2D eigenvalue weighted by Gasteiger charge is 2.15. The van der Waals surface area contributed by atoms with Crippen LogP contribution in [0.2, 0.25) is 0 Å². The van der Waals surface area contributed by atoms with Gasteiger partial charge in [-0.3, -0.25) is 9.79 Å². The van der Waals surface area contributed by atoms with Crippen LogP contribution in [-0.4, -0.2) is 50.3 Å². The van der Waals surface area contributed by atoms with Crippen LogP contribution in [-0.2, 0) is 19.0 Å². The Kier molecular flexibility index (Phi) is 9.54. The molecule has 0 unspecified atom stereocenters. The number of aliphatic imine (C=N–C) groups is 1. The van der Waals surface area contributed by atoms with E-state index in [2.05, 4.69) is 24.3 Å². The van der Waals surface area contributed by atoms with E-state index >= 15 is 0 Å². The van der Waals surface area contributed by atoms with Crippen LogP contribution in [0, 0.1) is 0 Å². The summed E-state index contributed by atoms with van der Waals surface area (Å²) in [6.45, 7) is 7.88. The topological polar surface area (TPSA) is 57.1 Å². The Hall–Kier alpha value is -2.50. The van der Waals surface area contributed by atoms with Crippen molar-refractivity contribution in [1.29, 1.82) is 0 Å². The summed E-state index contributed by atoms with van der Waals surface area (Å²) in [6.07, 6.45) is 0.249. The minimum absolute atomic E-state index is 0.248. The van der Waals surface area contributed by atoms with Crippen molar-refractivity contribution in [2.24, 2.45) is 4.99 Å². The molecule has 0 radical (unpaired) electrons. The van der Waals surface area contributed by atoms with Gasteiger partial charge in [-0.15, -0.1) is 0 Å². The molecule has 0 aliphatic rings. The number of carbonyl (C=O) groups excluding carboxylic acids is 1. The van der Waals surface area contributed by atoms with E-state index in [1.807, 2.05) is 57.2 Å². The van der Waals surface area contributed by atoms with Gasteiger partial charge in [0, 0.05) is 11.1 Å². The van der Waals surface area contributed by atoms with Crippen LogP contribution in [0.4, 0.5) is 0 Å². The predicted octanol–water partition coefficient (Wildman–Crippen LogP) is 4.29. The zero-order valence-electron chi connectivity index (χ0n) is 17.6. The number of hydrogen-bond acceptors (Lipinski definition) is 5. The second-order valence-corrected chi connectivity index (χ2v) is 7.52. The van der Waals surface area contributed by atoms with Crippen LogP contribution >= 0.6 is 0 Å². The lowest BCUT2D eigenvalue weighted by Crippen LogP contribution is -2.24. The molecule has 29 heavy (non-hydrogen) atoms. The SMILES string of the molecule is CC(C)(C)OC(=O)CCOCCOCCN=C(c1ccccc1)c1ccccc1. The van der Waals surface area contributed by atoms with Gasteiger partial charge in [-0.1, -0.05) is 60.7 Å². The first-order chi connectivity index (χ1) is 14.0. The number of nitrogens with zero attached hydrogens (tertiary/aromatic N) is 1.